The number of carbonyl (C=O) groups is 1. The number of hydrogen-bond acceptors (Lipinski definition) is 3. The van der Waals surface area contributed by atoms with Crippen molar-refractivity contribution in [1.82, 2.24) is 10.2 Å². The zero-order valence-electron chi connectivity index (χ0n) is 10.7. The van der Waals surface area contributed by atoms with Gasteiger partial charge in [0.15, 0.2) is 0 Å². The van der Waals surface area contributed by atoms with Crippen LogP contribution < -0.4 is 5.32 Å². The van der Waals surface area contributed by atoms with E-state index in [0.717, 1.165) is 6.54 Å². The minimum atomic E-state index is 0.172. The van der Waals surface area contributed by atoms with E-state index in [0.29, 0.717) is 11.0 Å². The number of amides is 1. The fourth-order valence-electron chi connectivity index (χ4n) is 1.96. The molecular weight excluding hydrogens is 220 g/mol. The quantitative estimate of drug-likeness (QED) is 0.772. The van der Waals surface area contributed by atoms with Crippen molar-refractivity contribution < 1.29 is 4.79 Å². The third-order valence-corrected chi connectivity index (χ3v) is 3.78. The standard InChI is InChI=1S/C12H24N2OS/c1-10(2)16-9-12(15)13-11(3)8-14-6-4-5-7-14/h10-11H,4-9H2,1-3H3,(H,13,15)/t11-/m1/s1. The molecule has 1 amide bonds. The van der Waals surface area contributed by atoms with Gasteiger partial charge in [0.05, 0.1) is 5.75 Å². The Hall–Kier alpha value is -0.220. The average Bonchev–Trinajstić information content (AvgIpc) is 2.67. The minimum absolute atomic E-state index is 0.172. The Morgan fingerprint density at radius 2 is 1.94 bits per heavy atom. The molecule has 0 bridgehead atoms. The molecule has 1 fully saturated rings. The van der Waals surface area contributed by atoms with Gasteiger partial charge in [-0.05, 0) is 38.1 Å². The molecule has 0 aromatic rings. The summed E-state index contributed by atoms with van der Waals surface area (Å²) >= 11 is 1.70. The Morgan fingerprint density at radius 1 is 1.31 bits per heavy atom. The highest BCUT2D eigenvalue weighted by atomic mass is 32.2. The van der Waals surface area contributed by atoms with Crippen LogP contribution in [0.4, 0.5) is 0 Å². The summed E-state index contributed by atoms with van der Waals surface area (Å²) in [5.74, 6) is 0.757. The largest absolute Gasteiger partial charge is 0.352 e. The Bertz CT molecular complexity index is 215. The van der Waals surface area contributed by atoms with Crippen molar-refractivity contribution in [2.24, 2.45) is 0 Å². The van der Waals surface area contributed by atoms with E-state index in [4.69, 9.17) is 0 Å². The zero-order valence-corrected chi connectivity index (χ0v) is 11.5. The van der Waals surface area contributed by atoms with E-state index in [2.05, 4.69) is 31.0 Å². The summed E-state index contributed by atoms with van der Waals surface area (Å²) < 4.78 is 0. The lowest BCUT2D eigenvalue weighted by Crippen LogP contribution is -2.41. The fraction of sp³-hybridized carbons (Fsp3) is 0.917. The maximum atomic E-state index is 11.6. The first kappa shape index (κ1) is 13.8. The Balaban J connectivity index is 2.12. The van der Waals surface area contributed by atoms with Crippen LogP contribution in [0.15, 0.2) is 0 Å². The SMILES string of the molecule is CC(C)SCC(=O)N[C@H](C)CN1CCCC1. The second-order valence-corrected chi connectivity index (χ2v) is 6.40. The van der Waals surface area contributed by atoms with E-state index >= 15 is 0 Å². The van der Waals surface area contributed by atoms with E-state index < -0.39 is 0 Å². The smallest absolute Gasteiger partial charge is 0.230 e. The number of thioether (sulfide) groups is 1. The van der Waals surface area contributed by atoms with Crippen molar-refractivity contribution in [3.8, 4) is 0 Å². The molecule has 0 radical (unpaired) electrons. The van der Waals surface area contributed by atoms with Crippen LogP contribution in [0.3, 0.4) is 0 Å². The predicted octanol–water partition coefficient (Wildman–Crippen LogP) is 1.73. The van der Waals surface area contributed by atoms with Crippen LogP contribution in [-0.2, 0) is 4.79 Å². The van der Waals surface area contributed by atoms with Crippen molar-refractivity contribution in [3.05, 3.63) is 0 Å². The Kier molecular flexibility index (Phi) is 6.21. The minimum Gasteiger partial charge on any atom is -0.352 e. The average molecular weight is 244 g/mol. The van der Waals surface area contributed by atoms with Gasteiger partial charge in [-0.3, -0.25) is 4.79 Å². The molecule has 0 aliphatic carbocycles. The number of nitrogens with one attached hydrogen (secondary N) is 1. The first-order valence-electron chi connectivity index (χ1n) is 6.21. The maximum absolute atomic E-state index is 11.6. The van der Waals surface area contributed by atoms with Crippen molar-refractivity contribution in [3.63, 3.8) is 0 Å². The molecule has 0 aromatic carbocycles. The van der Waals surface area contributed by atoms with Crippen molar-refractivity contribution in [2.75, 3.05) is 25.4 Å². The molecule has 1 aliphatic rings. The van der Waals surface area contributed by atoms with Crippen LogP contribution in [-0.4, -0.2) is 47.5 Å². The van der Waals surface area contributed by atoms with Crippen LogP contribution in [0.25, 0.3) is 0 Å². The molecule has 0 saturated carbocycles. The highest BCUT2D eigenvalue weighted by Crippen LogP contribution is 2.09. The molecule has 1 aliphatic heterocycles. The van der Waals surface area contributed by atoms with Gasteiger partial charge >= 0.3 is 0 Å². The lowest BCUT2D eigenvalue weighted by atomic mass is 10.3. The molecular formula is C12H24N2OS. The van der Waals surface area contributed by atoms with Crippen LogP contribution in [0.1, 0.15) is 33.6 Å². The molecule has 1 N–H and O–H groups in total. The lowest BCUT2D eigenvalue weighted by molar-refractivity contribution is -0.119. The number of nitrogens with zero attached hydrogens (tertiary/aromatic N) is 1. The van der Waals surface area contributed by atoms with Crippen LogP contribution in [0.5, 0.6) is 0 Å². The summed E-state index contributed by atoms with van der Waals surface area (Å²) in [4.78, 5) is 14.0. The van der Waals surface area contributed by atoms with E-state index in [-0.39, 0.29) is 11.9 Å². The Morgan fingerprint density at radius 3 is 2.50 bits per heavy atom. The van der Waals surface area contributed by atoms with Crippen molar-refractivity contribution >= 4 is 17.7 Å². The first-order chi connectivity index (χ1) is 7.58. The molecule has 1 heterocycles. The van der Waals surface area contributed by atoms with Crippen LogP contribution >= 0.6 is 11.8 Å². The number of carbonyl (C=O) groups excluding carboxylic acids is 1. The van der Waals surface area contributed by atoms with Gasteiger partial charge in [0.2, 0.25) is 5.91 Å². The summed E-state index contributed by atoms with van der Waals surface area (Å²) in [7, 11) is 0. The third-order valence-electron chi connectivity index (χ3n) is 2.69. The summed E-state index contributed by atoms with van der Waals surface area (Å²) in [6, 6.07) is 0.276. The van der Waals surface area contributed by atoms with Gasteiger partial charge in [0, 0.05) is 12.6 Å². The van der Waals surface area contributed by atoms with E-state index in [1.807, 2.05) is 0 Å². The van der Waals surface area contributed by atoms with E-state index in [1.54, 1.807) is 11.8 Å². The van der Waals surface area contributed by atoms with Gasteiger partial charge in [0.25, 0.3) is 0 Å². The van der Waals surface area contributed by atoms with Gasteiger partial charge in [0.1, 0.15) is 0 Å². The third kappa shape index (κ3) is 5.75. The highest BCUT2D eigenvalue weighted by Gasteiger charge is 2.15. The van der Waals surface area contributed by atoms with Crippen LogP contribution in [0.2, 0.25) is 0 Å². The van der Waals surface area contributed by atoms with E-state index in [1.165, 1.54) is 25.9 Å². The molecule has 4 heteroatoms. The van der Waals surface area contributed by atoms with Gasteiger partial charge in [-0.2, -0.15) is 0 Å². The van der Waals surface area contributed by atoms with Gasteiger partial charge in [-0.25, -0.2) is 0 Å². The maximum Gasteiger partial charge on any atom is 0.230 e. The summed E-state index contributed by atoms with van der Waals surface area (Å²) in [5.41, 5.74) is 0. The van der Waals surface area contributed by atoms with Gasteiger partial charge < -0.3 is 10.2 Å². The molecule has 0 unspecified atom stereocenters. The Labute approximate surface area is 103 Å². The van der Waals surface area contributed by atoms with Crippen molar-refractivity contribution in [2.45, 2.75) is 44.9 Å². The second kappa shape index (κ2) is 7.17. The first-order valence-corrected chi connectivity index (χ1v) is 7.26. The number of rotatable bonds is 6. The molecule has 1 rings (SSSR count). The van der Waals surface area contributed by atoms with Crippen LogP contribution in [0, 0.1) is 0 Å². The fourth-order valence-corrected chi connectivity index (χ4v) is 2.53. The second-order valence-electron chi connectivity index (χ2n) is 4.84. The predicted molar refractivity (Wildman–Crippen MR) is 70.9 cm³/mol. The topological polar surface area (TPSA) is 32.3 Å². The van der Waals surface area contributed by atoms with E-state index in [9.17, 15) is 4.79 Å². The van der Waals surface area contributed by atoms with Gasteiger partial charge in [-0.15, -0.1) is 11.8 Å². The summed E-state index contributed by atoms with van der Waals surface area (Å²) in [6.45, 7) is 9.72. The normalized spacial score (nSPS) is 19.0. The monoisotopic (exact) mass is 244 g/mol. The number of hydrogen-bond donors (Lipinski definition) is 1. The molecule has 16 heavy (non-hydrogen) atoms. The van der Waals surface area contributed by atoms with Crippen molar-refractivity contribution in [1.29, 1.82) is 0 Å². The molecule has 1 saturated heterocycles. The highest BCUT2D eigenvalue weighted by molar-refractivity contribution is 8.00. The summed E-state index contributed by atoms with van der Waals surface area (Å²) in [5, 5.41) is 3.59. The lowest BCUT2D eigenvalue weighted by Gasteiger charge is -2.21. The zero-order chi connectivity index (χ0) is 12.0. The molecule has 3 nitrogen and oxygen atoms in total. The number of likely N-dealkylation sites (tertiary alicyclic amines) is 1. The molecule has 0 spiro atoms. The molecule has 0 aromatic heterocycles. The summed E-state index contributed by atoms with van der Waals surface area (Å²) in [6.07, 6.45) is 2.62. The van der Waals surface area contributed by atoms with Gasteiger partial charge in [-0.1, -0.05) is 13.8 Å². The molecule has 94 valence electrons. The molecule has 1 atom stereocenters.